The predicted octanol–water partition coefficient (Wildman–Crippen LogP) is 8.05. The summed E-state index contributed by atoms with van der Waals surface area (Å²) < 4.78 is 0.615. The van der Waals surface area contributed by atoms with Crippen LogP contribution in [0.4, 0.5) is 0 Å². The highest BCUT2D eigenvalue weighted by Gasteiger charge is 2.26. The number of quaternary nitrogens is 1. The van der Waals surface area contributed by atoms with E-state index in [0.29, 0.717) is 43.4 Å². The molecule has 7 heteroatoms. The predicted molar refractivity (Wildman–Crippen MR) is 170 cm³/mol. The van der Waals surface area contributed by atoms with Crippen molar-refractivity contribution in [2.45, 2.75) is 167 Å². The number of allylic oxidation sites excluding steroid dienone is 2. The molecule has 0 spiro atoms. The van der Waals surface area contributed by atoms with Crippen LogP contribution in [0.25, 0.3) is 0 Å². The summed E-state index contributed by atoms with van der Waals surface area (Å²) in [6, 6.07) is 0. The van der Waals surface area contributed by atoms with Crippen molar-refractivity contribution < 1.29 is 34.2 Å². The molecule has 0 aromatic rings. The number of hydrogen-bond acceptors (Lipinski definition) is 4. The molecule has 246 valence electrons. The third-order valence-electron chi connectivity index (χ3n) is 8.45. The topological polar surface area (TPSA) is 115 Å². The first-order valence-corrected chi connectivity index (χ1v) is 17.4. The van der Waals surface area contributed by atoms with Crippen molar-refractivity contribution in [1.29, 1.82) is 0 Å². The number of carboxylic acids is 3. The van der Waals surface area contributed by atoms with Crippen LogP contribution in [0.15, 0.2) is 12.2 Å². The van der Waals surface area contributed by atoms with Crippen LogP contribution in [0.3, 0.4) is 0 Å². The minimum absolute atomic E-state index is 0.0189. The van der Waals surface area contributed by atoms with Gasteiger partial charge in [0.25, 0.3) is 0 Å². The summed E-state index contributed by atoms with van der Waals surface area (Å²) in [6.07, 6.45) is 30.8. The van der Waals surface area contributed by atoms with E-state index < -0.39 is 17.9 Å². The van der Waals surface area contributed by atoms with Gasteiger partial charge in [0.05, 0.1) is 39.0 Å². The van der Waals surface area contributed by atoms with Crippen LogP contribution in [0.1, 0.15) is 167 Å². The normalized spacial score (nSPS) is 11.8. The Balaban J connectivity index is 4.02. The maximum atomic E-state index is 11.1. The molecule has 0 heterocycles. The molecule has 0 amide bonds. The highest BCUT2D eigenvalue weighted by atomic mass is 16.4. The number of carbonyl (C=O) groups is 3. The van der Waals surface area contributed by atoms with Crippen LogP contribution in [0.2, 0.25) is 0 Å². The van der Waals surface area contributed by atoms with Gasteiger partial charge in [-0.15, -0.1) is 0 Å². The van der Waals surface area contributed by atoms with E-state index in [0.717, 1.165) is 19.4 Å². The van der Waals surface area contributed by atoms with Crippen molar-refractivity contribution in [3.8, 4) is 0 Å². The van der Waals surface area contributed by atoms with Crippen LogP contribution >= 0.6 is 0 Å². The number of carbonyl (C=O) groups excluding carboxylic acids is 1. The quantitative estimate of drug-likeness (QED) is 0.0451. The molecule has 0 atom stereocenters. The SMILES string of the molecule is CCCCC/C=C/CCCCCCCCCCCCCCCC[N+](CCCC(=O)[O-])(CCCC(=O)O)CCCC(=O)O. The maximum Gasteiger partial charge on any atom is 0.303 e. The number of carboxylic acid groups (broad SMARTS) is 3. The van der Waals surface area contributed by atoms with Crippen molar-refractivity contribution in [2.75, 3.05) is 26.2 Å². The molecule has 0 radical (unpaired) electrons. The van der Waals surface area contributed by atoms with E-state index in [1.807, 2.05) is 0 Å². The third kappa shape index (κ3) is 28.2. The van der Waals surface area contributed by atoms with E-state index in [-0.39, 0.29) is 19.3 Å². The summed E-state index contributed by atoms with van der Waals surface area (Å²) in [6.45, 7) is 5.03. The minimum atomic E-state index is -1.07. The van der Waals surface area contributed by atoms with Gasteiger partial charge in [0.15, 0.2) is 0 Å². The second-order valence-corrected chi connectivity index (χ2v) is 12.4. The van der Waals surface area contributed by atoms with Gasteiger partial charge >= 0.3 is 11.9 Å². The Labute approximate surface area is 257 Å². The zero-order chi connectivity index (χ0) is 31.2. The van der Waals surface area contributed by atoms with Gasteiger partial charge in [0.2, 0.25) is 0 Å². The highest BCUT2D eigenvalue weighted by Crippen LogP contribution is 2.19. The number of hydrogen-bond donors (Lipinski definition) is 2. The lowest BCUT2D eigenvalue weighted by Gasteiger charge is -2.39. The summed E-state index contributed by atoms with van der Waals surface area (Å²) in [4.78, 5) is 33.1. The van der Waals surface area contributed by atoms with Crippen molar-refractivity contribution in [2.24, 2.45) is 0 Å². The van der Waals surface area contributed by atoms with Crippen LogP contribution in [-0.2, 0) is 14.4 Å². The summed E-state index contributed by atoms with van der Waals surface area (Å²) in [5.41, 5.74) is 0. The maximum absolute atomic E-state index is 11.1. The second kappa shape index (κ2) is 29.2. The van der Waals surface area contributed by atoms with E-state index in [2.05, 4.69) is 19.1 Å². The third-order valence-corrected chi connectivity index (χ3v) is 8.45. The first-order chi connectivity index (χ1) is 20.3. The first-order valence-electron chi connectivity index (χ1n) is 17.4. The monoisotopic (exact) mass is 595 g/mol. The fourth-order valence-electron chi connectivity index (χ4n) is 5.94. The molecule has 0 saturated heterocycles. The molecule has 0 unspecified atom stereocenters. The molecular formula is C35H65NO6. The van der Waals surface area contributed by atoms with Gasteiger partial charge in [-0.05, 0) is 44.9 Å². The van der Waals surface area contributed by atoms with E-state index in [9.17, 15) is 19.5 Å². The highest BCUT2D eigenvalue weighted by molar-refractivity contribution is 5.66. The number of unbranched alkanes of at least 4 members (excludes halogenated alkanes) is 17. The molecule has 0 aromatic carbocycles. The Bertz CT molecular complexity index is 643. The Kier molecular flexibility index (Phi) is 27.9. The minimum Gasteiger partial charge on any atom is -0.550 e. The average Bonchev–Trinajstić information content (AvgIpc) is 2.93. The molecule has 0 rings (SSSR count). The molecule has 2 N–H and O–H groups in total. The lowest BCUT2D eigenvalue weighted by atomic mass is 10.0. The van der Waals surface area contributed by atoms with Gasteiger partial charge in [-0.1, -0.05) is 103 Å². The Morgan fingerprint density at radius 3 is 1.21 bits per heavy atom. The van der Waals surface area contributed by atoms with Crippen molar-refractivity contribution in [3.05, 3.63) is 12.2 Å². The Morgan fingerprint density at radius 2 is 0.833 bits per heavy atom. The molecule has 0 fully saturated rings. The Morgan fingerprint density at radius 1 is 0.500 bits per heavy atom. The van der Waals surface area contributed by atoms with E-state index in [1.54, 1.807) is 0 Å². The zero-order valence-corrected chi connectivity index (χ0v) is 27.1. The van der Waals surface area contributed by atoms with E-state index >= 15 is 0 Å². The standard InChI is InChI=1S/C35H65NO6/c1-2-3-4-5-6-7-8-9-10-11-12-13-14-15-16-17-18-19-20-21-22-29-36(30-23-26-33(37)38,31-24-27-34(39)40)32-25-28-35(41)42/h6-7H,2-5,8-32H2,1H3,(H2-,37,38,39,40,41,42)/b7-6+. The van der Waals surface area contributed by atoms with Gasteiger partial charge in [-0.3, -0.25) is 9.59 Å². The van der Waals surface area contributed by atoms with Crippen molar-refractivity contribution in [3.63, 3.8) is 0 Å². The molecule has 0 saturated carbocycles. The summed E-state index contributed by atoms with van der Waals surface area (Å²) in [5, 5.41) is 29.2. The van der Waals surface area contributed by atoms with E-state index in [1.165, 1.54) is 109 Å². The van der Waals surface area contributed by atoms with Crippen LogP contribution in [0.5, 0.6) is 0 Å². The molecular weight excluding hydrogens is 530 g/mol. The van der Waals surface area contributed by atoms with Crippen molar-refractivity contribution in [1.82, 2.24) is 0 Å². The smallest absolute Gasteiger partial charge is 0.303 e. The van der Waals surface area contributed by atoms with E-state index in [4.69, 9.17) is 10.2 Å². The van der Waals surface area contributed by atoms with Gasteiger partial charge in [0, 0.05) is 25.2 Å². The van der Waals surface area contributed by atoms with Gasteiger partial charge < -0.3 is 24.6 Å². The summed E-state index contributed by atoms with van der Waals surface area (Å²) >= 11 is 0. The van der Waals surface area contributed by atoms with Crippen LogP contribution < -0.4 is 5.11 Å². The summed E-state index contributed by atoms with van der Waals surface area (Å²) in [7, 11) is 0. The molecule has 0 aliphatic rings. The average molecular weight is 596 g/mol. The molecule has 0 aromatic heterocycles. The summed E-state index contributed by atoms with van der Waals surface area (Å²) in [5.74, 6) is -2.74. The zero-order valence-electron chi connectivity index (χ0n) is 27.1. The first kappa shape index (κ1) is 40.1. The van der Waals surface area contributed by atoms with Gasteiger partial charge in [0.1, 0.15) is 0 Å². The van der Waals surface area contributed by atoms with Crippen LogP contribution in [-0.4, -0.2) is 58.8 Å². The molecule has 0 aliphatic carbocycles. The largest absolute Gasteiger partial charge is 0.550 e. The number of rotatable bonds is 33. The molecule has 42 heavy (non-hydrogen) atoms. The number of nitrogens with zero attached hydrogens (tertiary/aromatic N) is 1. The second-order valence-electron chi connectivity index (χ2n) is 12.4. The lowest BCUT2D eigenvalue weighted by Crippen LogP contribution is -2.51. The molecule has 7 nitrogen and oxygen atoms in total. The van der Waals surface area contributed by atoms with Crippen molar-refractivity contribution >= 4 is 17.9 Å². The van der Waals surface area contributed by atoms with Crippen LogP contribution in [0, 0.1) is 0 Å². The molecule has 0 bridgehead atoms. The lowest BCUT2D eigenvalue weighted by molar-refractivity contribution is -0.929. The number of aliphatic carboxylic acids is 3. The fourth-order valence-corrected chi connectivity index (χ4v) is 5.94. The Hall–Kier alpha value is -1.89. The fraction of sp³-hybridized carbons (Fsp3) is 0.857. The van der Waals surface area contributed by atoms with Gasteiger partial charge in [-0.2, -0.15) is 0 Å². The van der Waals surface area contributed by atoms with Gasteiger partial charge in [-0.25, -0.2) is 0 Å². The molecule has 0 aliphatic heterocycles.